The normalized spacial score (nSPS) is 28.5. The molecule has 0 aromatic heterocycles. The number of nitrogens with zero attached hydrogens (tertiary/aromatic N) is 2. The lowest BCUT2D eigenvalue weighted by molar-refractivity contribution is 0.198. The van der Waals surface area contributed by atoms with Crippen LogP contribution in [-0.2, 0) is 0 Å². The molecular weight excluding hydrogens is 316 g/mol. The molecule has 4 heteroatoms. The molecule has 2 aliphatic rings. The van der Waals surface area contributed by atoms with E-state index in [0.717, 1.165) is 29.2 Å². The Hall–Kier alpha value is -0.580. The van der Waals surface area contributed by atoms with Crippen LogP contribution in [0.15, 0.2) is 22.7 Å². The van der Waals surface area contributed by atoms with Crippen molar-refractivity contribution in [1.82, 2.24) is 4.90 Å². The van der Waals surface area contributed by atoms with Crippen molar-refractivity contribution < 1.29 is 5.11 Å². The Labute approximate surface area is 129 Å². The fraction of sp³-hybridized carbons (Fsp3) is 0.625. The summed E-state index contributed by atoms with van der Waals surface area (Å²) in [4.78, 5) is 5.07. The van der Waals surface area contributed by atoms with E-state index >= 15 is 0 Å². The van der Waals surface area contributed by atoms with E-state index in [4.69, 9.17) is 0 Å². The average Bonchev–Trinajstić information content (AvgIpc) is 2.62. The molecule has 2 saturated heterocycles. The van der Waals surface area contributed by atoms with Crippen molar-refractivity contribution in [3.05, 3.63) is 28.2 Å². The lowest BCUT2D eigenvalue weighted by Gasteiger charge is -2.28. The molecule has 1 aromatic carbocycles. The van der Waals surface area contributed by atoms with Crippen molar-refractivity contribution in [2.45, 2.75) is 44.4 Å². The van der Waals surface area contributed by atoms with E-state index in [1.807, 2.05) is 6.07 Å². The molecule has 3 rings (SSSR count). The lowest BCUT2D eigenvalue weighted by atomic mass is 10.1. The first-order valence-electron chi connectivity index (χ1n) is 7.50. The zero-order chi connectivity index (χ0) is 14.3. The Morgan fingerprint density at radius 3 is 2.70 bits per heavy atom. The van der Waals surface area contributed by atoms with Crippen LogP contribution in [0.3, 0.4) is 0 Å². The number of likely N-dealkylation sites (N-methyl/N-ethyl adjacent to an activating group) is 1. The summed E-state index contributed by atoms with van der Waals surface area (Å²) >= 11 is 3.59. The van der Waals surface area contributed by atoms with Crippen molar-refractivity contribution >= 4 is 21.6 Å². The molecule has 2 fully saturated rings. The van der Waals surface area contributed by atoms with E-state index in [2.05, 4.69) is 44.9 Å². The first-order chi connectivity index (χ1) is 9.56. The Balaban J connectivity index is 1.81. The SMILES string of the molecule is CC(O)c1ccc(N2CCC3CCC(C2)N3C)cc1Br. The quantitative estimate of drug-likeness (QED) is 0.897. The first-order valence-corrected chi connectivity index (χ1v) is 8.30. The van der Waals surface area contributed by atoms with Crippen molar-refractivity contribution in [2.75, 3.05) is 25.0 Å². The van der Waals surface area contributed by atoms with Gasteiger partial charge in [0.1, 0.15) is 0 Å². The molecular formula is C16H23BrN2O. The third-order valence-electron chi connectivity index (χ3n) is 4.95. The lowest BCUT2D eigenvalue weighted by Crippen LogP contribution is -2.36. The van der Waals surface area contributed by atoms with Gasteiger partial charge in [-0.1, -0.05) is 22.0 Å². The Morgan fingerprint density at radius 2 is 2.00 bits per heavy atom. The minimum Gasteiger partial charge on any atom is -0.389 e. The highest BCUT2D eigenvalue weighted by atomic mass is 79.9. The maximum absolute atomic E-state index is 9.72. The van der Waals surface area contributed by atoms with Gasteiger partial charge < -0.3 is 10.0 Å². The van der Waals surface area contributed by atoms with Gasteiger partial charge in [0.05, 0.1) is 6.10 Å². The molecule has 3 atom stereocenters. The zero-order valence-corrected chi connectivity index (χ0v) is 13.8. The third kappa shape index (κ3) is 2.61. The number of benzene rings is 1. The van der Waals surface area contributed by atoms with Crippen LogP contribution in [0.5, 0.6) is 0 Å². The monoisotopic (exact) mass is 338 g/mol. The molecule has 3 unspecified atom stereocenters. The van der Waals surface area contributed by atoms with Crippen molar-refractivity contribution in [1.29, 1.82) is 0 Å². The molecule has 1 N–H and O–H groups in total. The molecule has 0 spiro atoms. The highest BCUT2D eigenvalue weighted by molar-refractivity contribution is 9.10. The third-order valence-corrected chi connectivity index (χ3v) is 5.63. The van der Waals surface area contributed by atoms with Crippen LogP contribution < -0.4 is 4.90 Å². The molecule has 2 aliphatic heterocycles. The summed E-state index contributed by atoms with van der Waals surface area (Å²) in [6, 6.07) is 7.80. The number of fused-ring (bicyclic) bond motifs is 2. The summed E-state index contributed by atoms with van der Waals surface area (Å²) in [6.45, 7) is 4.05. The smallest absolute Gasteiger partial charge is 0.0772 e. The number of hydrogen-bond acceptors (Lipinski definition) is 3. The van der Waals surface area contributed by atoms with Crippen molar-refractivity contribution in [2.24, 2.45) is 0 Å². The average molecular weight is 339 g/mol. The maximum atomic E-state index is 9.72. The zero-order valence-electron chi connectivity index (χ0n) is 12.2. The standard InChI is InChI=1S/C16H23BrN2O/c1-11(20)15-6-5-13(9-16(15)17)19-8-7-12-3-4-14(10-19)18(12)2/h5-6,9,11-12,14,20H,3-4,7-8,10H2,1-2H3. The van der Waals surface area contributed by atoms with Gasteiger partial charge >= 0.3 is 0 Å². The predicted molar refractivity (Wildman–Crippen MR) is 86.2 cm³/mol. The maximum Gasteiger partial charge on any atom is 0.0772 e. The second-order valence-corrected chi connectivity index (χ2v) is 7.02. The second-order valence-electron chi connectivity index (χ2n) is 6.17. The molecule has 0 radical (unpaired) electrons. The fourth-order valence-electron chi connectivity index (χ4n) is 3.59. The summed E-state index contributed by atoms with van der Waals surface area (Å²) in [5.74, 6) is 0. The van der Waals surface area contributed by atoms with Crippen LogP contribution in [0.25, 0.3) is 0 Å². The van der Waals surface area contributed by atoms with Gasteiger partial charge in [0, 0.05) is 35.3 Å². The molecule has 0 amide bonds. The summed E-state index contributed by atoms with van der Waals surface area (Å²) in [5.41, 5.74) is 2.23. The van der Waals surface area contributed by atoms with Gasteiger partial charge in [0.15, 0.2) is 0 Å². The van der Waals surface area contributed by atoms with Crippen LogP contribution in [0.2, 0.25) is 0 Å². The van der Waals surface area contributed by atoms with Gasteiger partial charge in [-0.15, -0.1) is 0 Å². The van der Waals surface area contributed by atoms with E-state index in [1.165, 1.54) is 24.9 Å². The Morgan fingerprint density at radius 1 is 1.25 bits per heavy atom. The Bertz CT molecular complexity index is 491. The van der Waals surface area contributed by atoms with Gasteiger partial charge in [0.25, 0.3) is 0 Å². The number of aliphatic hydroxyl groups is 1. The summed E-state index contributed by atoms with van der Waals surface area (Å²) in [6.07, 6.45) is 3.51. The van der Waals surface area contributed by atoms with Gasteiger partial charge in [0.2, 0.25) is 0 Å². The second kappa shape index (κ2) is 5.66. The van der Waals surface area contributed by atoms with E-state index in [0.29, 0.717) is 6.04 Å². The topological polar surface area (TPSA) is 26.7 Å². The number of aliphatic hydroxyl groups excluding tert-OH is 1. The fourth-order valence-corrected chi connectivity index (χ4v) is 4.29. The van der Waals surface area contributed by atoms with Crippen LogP contribution in [-0.4, -0.2) is 42.2 Å². The summed E-state index contributed by atoms with van der Waals surface area (Å²) in [5, 5.41) is 9.72. The minimum absolute atomic E-state index is 0.426. The van der Waals surface area contributed by atoms with Crippen LogP contribution in [0, 0.1) is 0 Å². The van der Waals surface area contributed by atoms with Crippen LogP contribution >= 0.6 is 15.9 Å². The number of anilines is 1. The van der Waals surface area contributed by atoms with Crippen molar-refractivity contribution in [3.63, 3.8) is 0 Å². The highest BCUT2D eigenvalue weighted by Gasteiger charge is 2.34. The van der Waals surface area contributed by atoms with E-state index < -0.39 is 6.10 Å². The molecule has 0 saturated carbocycles. The molecule has 3 nitrogen and oxygen atoms in total. The van der Waals surface area contributed by atoms with Gasteiger partial charge in [-0.3, -0.25) is 4.90 Å². The molecule has 1 aromatic rings. The summed E-state index contributed by atoms with van der Waals surface area (Å²) < 4.78 is 1.01. The molecule has 2 heterocycles. The van der Waals surface area contributed by atoms with E-state index in [-0.39, 0.29) is 0 Å². The van der Waals surface area contributed by atoms with Crippen LogP contribution in [0.4, 0.5) is 5.69 Å². The summed E-state index contributed by atoms with van der Waals surface area (Å²) in [7, 11) is 2.28. The number of halogens is 1. The van der Waals surface area contributed by atoms with Gasteiger partial charge in [-0.25, -0.2) is 0 Å². The van der Waals surface area contributed by atoms with E-state index in [1.54, 1.807) is 6.92 Å². The number of hydrogen-bond donors (Lipinski definition) is 1. The molecule has 2 bridgehead atoms. The largest absolute Gasteiger partial charge is 0.389 e. The van der Waals surface area contributed by atoms with Crippen LogP contribution in [0.1, 0.15) is 37.9 Å². The first kappa shape index (κ1) is 14.4. The minimum atomic E-state index is -0.426. The molecule has 110 valence electrons. The predicted octanol–water partition coefficient (Wildman–Crippen LogP) is 3.18. The van der Waals surface area contributed by atoms with Gasteiger partial charge in [-0.2, -0.15) is 0 Å². The Kier molecular flexibility index (Phi) is 4.07. The number of rotatable bonds is 2. The van der Waals surface area contributed by atoms with Gasteiger partial charge in [-0.05, 0) is 50.9 Å². The molecule has 20 heavy (non-hydrogen) atoms. The highest BCUT2D eigenvalue weighted by Crippen LogP contribution is 2.33. The molecule has 0 aliphatic carbocycles. The van der Waals surface area contributed by atoms with Crippen molar-refractivity contribution in [3.8, 4) is 0 Å². The van der Waals surface area contributed by atoms with E-state index in [9.17, 15) is 5.11 Å².